The molecule has 9 nitrogen and oxygen atoms in total. The molecule has 0 bridgehead atoms. The van der Waals surface area contributed by atoms with Crippen LogP contribution < -0.4 is 15.4 Å². The standard InChI is InChI=1S/C34H37N3O6.H2S/c1-43-29-14-8-6-12-27(29)31(40)36-24-17-21-37(22-18-24)32(41)26-15-19-34(23-9-3-2-4-10-23,28-13-7-5-11-25(26)28)33(42)35-20-16-30(38)39;/h2-14,24,26H,15-22H2,1H3,(H,35,42)(H,36,40)(H,38,39);1H2/t26-,34+;/m0./s1. The molecule has 1 aliphatic carbocycles. The molecule has 5 rings (SSSR count). The number of nitrogens with one attached hydrogen (secondary N) is 2. The summed E-state index contributed by atoms with van der Waals surface area (Å²) in [6.07, 6.45) is 1.99. The second kappa shape index (κ2) is 14.4. The minimum absolute atomic E-state index is 0. The fraction of sp³-hybridized carbons (Fsp3) is 0.353. The fourth-order valence-electron chi connectivity index (χ4n) is 6.48. The normalized spacial score (nSPS) is 19.6. The van der Waals surface area contributed by atoms with Gasteiger partial charge in [-0.3, -0.25) is 19.2 Å². The Morgan fingerprint density at radius 1 is 0.909 bits per heavy atom. The maximum absolute atomic E-state index is 14.0. The number of piperidine rings is 1. The number of methoxy groups -OCH3 is 1. The molecular formula is C34H39N3O6S. The Morgan fingerprint density at radius 3 is 2.27 bits per heavy atom. The zero-order valence-electron chi connectivity index (χ0n) is 24.8. The van der Waals surface area contributed by atoms with Gasteiger partial charge in [0.15, 0.2) is 0 Å². The van der Waals surface area contributed by atoms with Crippen molar-refractivity contribution in [3.05, 3.63) is 101 Å². The molecule has 3 amide bonds. The average Bonchev–Trinajstić information content (AvgIpc) is 3.04. The van der Waals surface area contributed by atoms with Crippen LogP contribution in [-0.4, -0.2) is 66.5 Å². The molecule has 1 aliphatic heterocycles. The van der Waals surface area contributed by atoms with Crippen LogP contribution in [0.3, 0.4) is 0 Å². The highest BCUT2D eigenvalue weighted by Crippen LogP contribution is 2.48. The van der Waals surface area contributed by atoms with Gasteiger partial charge in [-0.2, -0.15) is 13.5 Å². The van der Waals surface area contributed by atoms with Crippen molar-refractivity contribution in [2.45, 2.75) is 49.5 Å². The molecule has 0 saturated carbocycles. The maximum atomic E-state index is 14.0. The zero-order valence-corrected chi connectivity index (χ0v) is 25.8. The summed E-state index contributed by atoms with van der Waals surface area (Å²) >= 11 is 0. The lowest BCUT2D eigenvalue weighted by Crippen LogP contribution is -2.51. The van der Waals surface area contributed by atoms with Crippen molar-refractivity contribution in [3.63, 3.8) is 0 Å². The van der Waals surface area contributed by atoms with Gasteiger partial charge in [0.25, 0.3) is 5.91 Å². The molecule has 2 atom stereocenters. The van der Waals surface area contributed by atoms with Gasteiger partial charge in [0.1, 0.15) is 5.75 Å². The summed E-state index contributed by atoms with van der Waals surface area (Å²) in [7, 11) is 1.54. The summed E-state index contributed by atoms with van der Waals surface area (Å²) in [6, 6.07) is 24.2. The third kappa shape index (κ3) is 6.60. The monoisotopic (exact) mass is 617 g/mol. The number of para-hydroxylation sites is 1. The van der Waals surface area contributed by atoms with E-state index in [1.54, 1.807) is 18.2 Å². The van der Waals surface area contributed by atoms with Crippen LogP contribution in [0.4, 0.5) is 0 Å². The molecule has 232 valence electrons. The van der Waals surface area contributed by atoms with Crippen molar-refractivity contribution in [1.29, 1.82) is 0 Å². The van der Waals surface area contributed by atoms with Gasteiger partial charge < -0.3 is 25.4 Å². The van der Waals surface area contributed by atoms with E-state index >= 15 is 0 Å². The number of carbonyl (C=O) groups is 4. The molecule has 3 N–H and O–H groups in total. The van der Waals surface area contributed by atoms with Crippen molar-refractivity contribution in [2.75, 3.05) is 26.7 Å². The molecule has 1 saturated heterocycles. The predicted octanol–water partition coefficient (Wildman–Crippen LogP) is 3.98. The van der Waals surface area contributed by atoms with Crippen molar-refractivity contribution < 1.29 is 29.0 Å². The highest BCUT2D eigenvalue weighted by atomic mass is 32.1. The third-order valence-electron chi connectivity index (χ3n) is 8.67. The van der Waals surface area contributed by atoms with Gasteiger partial charge in [-0.05, 0) is 54.5 Å². The number of aliphatic carboxylic acids is 1. The van der Waals surface area contributed by atoms with Gasteiger partial charge in [-0.25, -0.2) is 0 Å². The number of carboxylic acid groups (broad SMARTS) is 1. The van der Waals surface area contributed by atoms with Crippen LogP contribution in [0.25, 0.3) is 0 Å². The van der Waals surface area contributed by atoms with E-state index in [1.807, 2.05) is 65.6 Å². The number of likely N-dealkylation sites (tertiary alicyclic amines) is 1. The van der Waals surface area contributed by atoms with Crippen molar-refractivity contribution in [3.8, 4) is 5.75 Å². The number of carbonyl (C=O) groups excluding carboxylic acids is 3. The van der Waals surface area contributed by atoms with E-state index in [2.05, 4.69) is 10.6 Å². The Labute approximate surface area is 264 Å². The van der Waals surface area contributed by atoms with Crippen molar-refractivity contribution in [1.82, 2.24) is 15.5 Å². The van der Waals surface area contributed by atoms with Crippen LogP contribution in [-0.2, 0) is 19.8 Å². The fourth-order valence-corrected chi connectivity index (χ4v) is 6.48. The predicted molar refractivity (Wildman–Crippen MR) is 171 cm³/mol. The smallest absolute Gasteiger partial charge is 0.305 e. The third-order valence-corrected chi connectivity index (χ3v) is 8.67. The minimum atomic E-state index is -1.04. The van der Waals surface area contributed by atoms with E-state index in [1.165, 1.54) is 7.11 Å². The molecule has 44 heavy (non-hydrogen) atoms. The van der Waals surface area contributed by atoms with Gasteiger partial charge in [0.05, 0.1) is 30.4 Å². The zero-order chi connectivity index (χ0) is 30.4. The summed E-state index contributed by atoms with van der Waals surface area (Å²) in [5.74, 6) is -1.29. The Kier molecular flexibility index (Phi) is 10.7. The Morgan fingerprint density at radius 2 is 1.57 bits per heavy atom. The van der Waals surface area contributed by atoms with Crippen LogP contribution in [0.1, 0.15) is 65.1 Å². The average molecular weight is 618 g/mol. The molecule has 2 aliphatic rings. The Hall–Kier alpha value is -4.31. The number of carboxylic acids is 1. The highest BCUT2D eigenvalue weighted by molar-refractivity contribution is 7.59. The first kappa shape index (κ1) is 32.6. The van der Waals surface area contributed by atoms with Crippen LogP contribution in [0.2, 0.25) is 0 Å². The molecule has 0 radical (unpaired) electrons. The molecule has 1 heterocycles. The minimum Gasteiger partial charge on any atom is -0.496 e. The van der Waals surface area contributed by atoms with E-state index in [9.17, 15) is 19.2 Å². The SMILES string of the molecule is COc1ccccc1C(=O)NC1CCN(C(=O)[C@H]2CC[C@@](C(=O)NCCC(=O)O)(c3ccccc3)c3ccccc32)CC1.S. The summed E-state index contributed by atoms with van der Waals surface area (Å²) in [4.78, 5) is 53.7. The first-order valence-corrected chi connectivity index (χ1v) is 14.7. The number of fused-ring (bicyclic) bond motifs is 1. The van der Waals surface area contributed by atoms with Crippen molar-refractivity contribution in [2.24, 2.45) is 0 Å². The van der Waals surface area contributed by atoms with E-state index in [4.69, 9.17) is 9.84 Å². The van der Waals surface area contributed by atoms with Gasteiger partial charge in [-0.1, -0.05) is 66.7 Å². The van der Waals surface area contributed by atoms with Gasteiger partial charge in [0, 0.05) is 25.7 Å². The molecule has 3 aromatic carbocycles. The lowest BCUT2D eigenvalue weighted by Gasteiger charge is -2.42. The molecule has 0 unspecified atom stereocenters. The number of ether oxygens (including phenoxy) is 1. The Balaban J connectivity index is 0.00000442. The number of nitrogens with zero attached hydrogens (tertiary/aromatic N) is 1. The number of benzene rings is 3. The van der Waals surface area contributed by atoms with E-state index in [-0.39, 0.29) is 50.2 Å². The quantitative estimate of drug-likeness (QED) is 0.334. The van der Waals surface area contributed by atoms with Gasteiger partial charge in [-0.15, -0.1) is 0 Å². The molecule has 0 spiro atoms. The van der Waals surface area contributed by atoms with Crippen LogP contribution in [0, 0.1) is 0 Å². The van der Waals surface area contributed by atoms with Gasteiger partial charge in [0.2, 0.25) is 11.8 Å². The van der Waals surface area contributed by atoms with Crippen LogP contribution in [0.15, 0.2) is 78.9 Å². The van der Waals surface area contributed by atoms with E-state index < -0.39 is 17.3 Å². The largest absolute Gasteiger partial charge is 0.496 e. The maximum Gasteiger partial charge on any atom is 0.305 e. The topological polar surface area (TPSA) is 125 Å². The first-order valence-electron chi connectivity index (χ1n) is 14.7. The summed E-state index contributed by atoms with van der Waals surface area (Å²) < 4.78 is 5.32. The molecule has 1 fully saturated rings. The molecule has 0 aromatic heterocycles. The highest BCUT2D eigenvalue weighted by Gasteiger charge is 2.48. The first-order chi connectivity index (χ1) is 20.8. The number of hydrogen-bond acceptors (Lipinski definition) is 5. The van der Waals surface area contributed by atoms with E-state index in [0.29, 0.717) is 50.1 Å². The number of rotatable bonds is 9. The Bertz CT molecular complexity index is 1490. The lowest BCUT2D eigenvalue weighted by atomic mass is 9.62. The number of hydrogen-bond donors (Lipinski definition) is 3. The molecule has 10 heteroatoms. The summed E-state index contributed by atoms with van der Waals surface area (Å²) in [5.41, 5.74) is 1.85. The lowest BCUT2D eigenvalue weighted by molar-refractivity contribution is -0.137. The van der Waals surface area contributed by atoms with Crippen LogP contribution >= 0.6 is 13.5 Å². The van der Waals surface area contributed by atoms with Crippen molar-refractivity contribution >= 4 is 37.2 Å². The summed E-state index contributed by atoms with van der Waals surface area (Å²) in [5, 5.41) is 15.1. The molecular weight excluding hydrogens is 578 g/mol. The second-order valence-electron chi connectivity index (χ2n) is 11.1. The van der Waals surface area contributed by atoms with E-state index in [0.717, 1.165) is 16.7 Å². The van der Waals surface area contributed by atoms with Gasteiger partial charge >= 0.3 is 5.97 Å². The van der Waals surface area contributed by atoms with Crippen LogP contribution in [0.5, 0.6) is 5.75 Å². The summed E-state index contributed by atoms with van der Waals surface area (Å²) in [6.45, 7) is 1.07. The second-order valence-corrected chi connectivity index (χ2v) is 11.1. The number of amides is 3. The molecule has 3 aromatic rings.